The van der Waals surface area contributed by atoms with Crippen molar-refractivity contribution in [3.8, 4) is 56.4 Å². The third kappa shape index (κ3) is 5.05. The van der Waals surface area contributed by atoms with E-state index in [1.807, 2.05) is 0 Å². The highest BCUT2D eigenvalue weighted by atomic mass is 16.3. The van der Waals surface area contributed by atoms with Gasteiger partial charge < -0.3 is 4.42 Å². The van der Waals surface area contributed by atoms with Gasteiger partial charge in [-0.15, -0.1) is 0 Å². The number of hydrogen-bond acceptors (Lipinski definition) is 4. The number of rotatable bonds is 3. The predicted molar refractivity (Wildman–Crippen MR) is 269 cm³/mol. The van der Waals surface area contributed by atoms with Gasteiger partial charge in [0.2, 0.25) is 0 Å². The standard InChI is InChI=1S/C61H41N3O/c1-60(2)48-17-9-7-14-41(48)43-29-28-39(31-50(43)60)58-62-57(38-27-22-35-21-24-37-26-25-36-23-20-34-12-5-6-13-40(34)54(36)55(37)45(35)30-38)63-59(64-58)44-16-11-19-52-56(44)47-32-46-42-15-8-10-18-49(42)61(3,4)51(46)33-53(47)65-52/h5-33H,1-4H3. The minimum atomic E-state index is -0.179. The Hall–Kier alpha value is -7.95. The zero-order chi connectivity index (χ0) is 43.3. The van der Waals surface area contributed by atoms with Crippen molar-refractivity contribution in [2.75, 3.05) is 0 Å². The molecule has 14 rings (SSSR count). The van der Waals surface area contributed by atoms with Gasteiger partial charge in [0, 0.05) is 38.3 Å². The fraction of sp³-hybridized carbons (Fsp3) is 0.0984. The van der Waals surface area contributed by atoms with Crippen LogP contribution in [0.1, 0.15) is 49.9 Å². The van der Waals surface area contributed by atoms with Crippen molar-refractivity contribution < 1.29 is 4.42 Å². The molecule has 12 aromatic rings. The number of hydrogen-bond donors (Lipinski definition) is 0. The lowest BCUT2D eigenvalue weighted by Crippen LogP contribution is -2.15. The summed E-state index contributed by atoms with van der Waals surface area (Å²) in [7, 11) is 0. The average molecular weight is 832 g/mol. The molecule has 0 N–H and O–H groups in total. The molecule has 0 spiro atoms. The Kier molecular flexibility index (Phi) is 7.21. The first kappa shape index (κ1) is 36.5. The number of nitrogens with zero attached hydrogens (tertiary/aromatic N) is 3. The van der Waals surface area contributed by atoms with Crippen LogP contribution in [0.25, 0.3) is 121 Å². The SMILES string of the molecule is CC1(C)c2ccccc2-c2ccc(-c3nc(-c4ccc5ccc6ccc7ccc8ccccc8c7c6c5c4)nc(-c4cccc5oc6cc7c(cc6c45)-c4ccccc4C7(C)C)n3)cc21. The van der Waals surface area contributed by atoms with Gasteiger partial charge in [0.15, 0.2) is 17.5 Å². The molecule has 10 aromatic carbocycles. The Labute approximate surface area is 375 Å². The molecule has 0 saturated carbocycles. The first-order valence-corrected chi connectivity index (χ1v) is 22.6. The molecule has 306 valence electrons. The van der Waals surface area contributed by atoms with Crippen molar-refractivity contribution in [1.82, 2.24) is 15.0 Å². The van der Waals surface area contributed by atoms with E-state index in [0.717, 1.165) is 38.6 Å². The minimum Gasteiger partial charge on any atom is -0.456 e. The van der Waals surface area contributed by atoms with Gasteiger partial charge in [-0.1, -0.05) is 173 Å². The molecule has 65 heavy (non-hydrogen) atoms. The molecular formula is C61H41N3O. The highest BCUT2D eigenvalue weighted by molar-refractivity contribution is 6.27. The van der Waals surface area contributed by atoms with Crippen LogP contribution in [0, 0.1) is 0 Å². The fourth-order valence-electron chi connectivity index (χ4n) is 11.6. The fourth-order valence-corrected chi connectivity index (χ4v) is 11.6. The molecule has 0 fully saturated rings. The zero-order valence-electron chi connectivity index (χ0n) is 36.5. The summed E-state index contributed by atoms with van der Waals surface area (Å²) in [6.07, 6.45) is 0. The van der Waals surface area contributed by atoms with Crippen molar-refractivity contribution in [1.29, 1.82) is 0 Å². The number of benzene rings is 10. The maximum absolute atomic E-state index is 6.75. The molecule has 2 aromatic heterocycles. The molecule has 2 heterocycles. The lowest BCUT2D eigenvalue weighted by atomic mass is 9.82. The molecule has 2 aliphatic carbocycles. The van der Waals surface area contributed by atoms with E-state index in [1.165, 1.54) is 87.6 Å². The Morgan fingerprint density at radius 1 is 0.323 bits per heavy atom. The number of fused-ring (bicyclic) bond motifs is 16. The highest BCUT2D eigenvalue weighted by Crippen LogP contribution is 2.52. The van der Waals surface area contributed by atoms with Crippen LogP contribution in [-0.2, 0) is 10.8 Å². The normalized spacial score (nSPS) is 14.4. The van der Waals surface area contributed by atoms with Gasteiger partial charge in [0.25, 0.3) is 0 Å². The van der Waals surface area contributed by atoms with Crippen LogP contribution in [0.5, 0.6) is 0 Å². The summed E-state index contributed by atoms with van der Waals surface area (Å²) in [6.45, 7) is 9.26. The van der Waals surface area contributed by atoms with Crippen LogP contribution < -0.4 is 0 Å². The molecule has 0 radical (unpaired) electrons. The van der Waals surface area contributed by atoms with Gasteiger partial charge in [0.05, 0.1) is 0 Å². The first-order chi connectivity index (χ1) is 31.7. The molecule has 0 amide bonds. The molecule has 4 heteroatoms. The Morgan fingerprint density at radius 3 is 1.58 bits per heavy atom. The lowest BCUT2D eigenvalue weighted by Gasteiger charge is -2.21. The molecule has 0 aliphatic heterocycles. The van der Waals surface area contributed by atoms with E-state index in [9.17, 15) is 0 Å². The van der Waals surface area contributed by atoms with Crippen LogP contribution in [0.3, 0.4) is 0 Å². The molecule has 2 aliphatic rings. The summed E-state index contributed by atoms with van der Waals surface area (Å²) >= 11 is 0. The van der Waals surface area contributed by atoms with E-state index < -0.39 is 0 Å². The van der Waals surface area contributed by atoms with Crippen molar-refractivity contribution in [2.45, 2.75) is 38.5 Å². The Morgan fingerprint density at radius 2 is 0.846 bits per heavy atom. The molecule has 0 atom stereocenters. The van der Waals surface area contributed by atoms with Gasteiger partial charge in [-0.2, -0.15) is 0 Å². The summed E-state index contributed by atoms with van der Waals surface area (Å²) < 4.78 is 6.75. The highest BCUT2D eigenvalue weighted by Gasteiger charge is 2.37. The average Bonchev–Trinajstić information content (AvgIpc) is 3.91. The van der Waals surface area contributed by atoms with E-state index >= 15 is 0 Å². The van der Waals surface area contributed by atoms with Crippen LogP contribution in [-0.4, -0.2) is 15.0 Å². The molecule has 0 bridgehead atoms. The predicted octanol–water partition coefficient (Wildman–Crippen LogP) is 16.0. The maximum atomic E-state index is 6.75. The quantitative estimate of drug-likeness (QED) is 0.166. The third-order valence-corrected chi connectivity index (χ3v) is 14.9. The summed E-state index contributed by atoms with van der Waals surface area (Å²) in [4.78, 5) is 16.2. The van der Waals surface area contributed by atoms with E-state index in [1.54, 1.807) is 0 Å². The minimum absolute atomic E-state index is 0.143. The van der Waals surface area contributed by atoms with Crippen LogP contribution in [0.15, 0.2) is 180 Å². The zero-order valence-corrected chi connectivity index (χ0v) is 36.5. The second-order valence-electron chi connectivity index (χ2n) is 19.1. The monoisotopic (exact) mass is 831 g/mol. The van der Waals surface area contributed by atoms with E-state index in [2.05, 4.69) is 204 Å². The Balaban J connectivity index is 1.03. The van der Waals surface area contributed by atoms with Gasteiger partial charge in [-0.25, -0.2) is 15.0 Å². The summed E-state index contributed by atoms with van der Waals surface area (Å²) in [5.74, 6) is 1.87. The second-order valence-corrected chi connectivity index (χ2v) is 19.1. The van der Waals surface area contributed by atoms with Crippen LogP contribution >= 0.6 is 0 Å². The van der Waals surface area contributed by atoms with Gasteiger partial charge in [-0.05, 0) is 118 Å². The summed E-state index contributed by atoms with van der Waals surface area (Å²) in [5, 5.41) is 11.8. The molecular weight excluding hydrogens is 791 g/mol. The largest absolute Gasteiger partial charge is 0.456 e. The van der Waals surface area contributed by atoms with Gasteiger partial charge >= 0.3 is 0 Å². The van der Waals surface area contributed by atoms with Crippen molar-refractivity contribution in [2.24, 2.45) is 0 Å². The van der Waals surface area contributed by atoms with Crippen LogP contribution in [0.2, 0.25) is 0 Å². The summed E-state index contributed by atoms with van der Waals surface area (Å²) in [5.41, 5.74) is 14.5. The second kappa shape index (κ2) is 12.8. The van der Waals surface area contributed by atoms with Crippen molar-refractivity contribution in [3.63, 3.8) is 0 Å². The van der Waals surface area contributed by atoms with Crippen molar-refractivity contribution >= 4 is 65.0 Å². The number of furan rings is 1. The Bertz CT molecular complexity index is 4070. The topological polar surface area (TPSA) is 51.8 Å². The van der Waals surface area contributed by atoms with Crippen molar-refractivity contribution in [3.05, 3.63) is 198 Å². The molecule has 4 nitrogen and oxygen atoms in total. The lowest BCUT2D eigenvalue weighted by molar-refractivity contribution is 0.647. The van der Waals surface area contributed by atoms with E-state index in [4.69, 9.17) is 19.4 Å². The summed E-state index contributed by atoms with van der Waals surface area (Å²) in [6, 6.07) is 64.0. The first-order valence-electron chi connectivity index (χ1n) is 22.6. The van der Waals surface area contributed by atoms with E-state index in [-0.39, 0.29) is 10.8 Å². The molecule has 0 unspecified atom stereocenters. The van der Waals surface area contributed by atoms with Crippen LogP contribution in [0.4, 0.5) is 0 Å². The van der Waals surface area contributed by atoms with E-state index in [0.29, 0.717) is 17.5 Å². The number of aromatic nitrogens is 3. The maximum Gasteiger partial charge on any atom is 0.164 e. The third-order valence-electron chi connectivity index (χ3n) is 14.9. The smallest absolute Gasteiger partial charge is 0.164 e. The van der Waals surface area contributed by atoms with Gasteiger partial charge in [-0.3, -0.25) is 0 Å². The molecule has 0 saturated heterocycles. The van der Waals surface area contributed by atoms with Gasteiger partial charge in [0.1, 0.15) is 11.2 Å².